The lowest BCUT2D eigenvalue weighted by Gasteiger charge is -2.40. The van der Waals surface area contributed by atoms with Gasteiger partial charge in [-0.2, -0.15) is 0 Å². The molecule has 1 aliphatic rings. The van der Waals surface area contributed by atoms with E-state index in [1.165, 1.54) is 25.7 Å². The van der Waals surface area contributed by atoms with Gasteiger partial charge in [0.2, 0.25) is 0 Å². The molecule has 1 saturated carbocycles. The summed E-state index contributed by atoms with van der Waals surface area (Å²) >= 11 is 3.52. The lowest BCUT2D eigenvalue weighted by Crippen LogP contribution is -2.37. The number of carbonyl (C=O) groups excluding carboxylic acids is 1. The Labute approximate surface area is 130 Å². The summed E-state index contributed by atoms with van der Waals surface area (Å²) in [6, 6.07) is 6.47. The Bertz CT molecular complexity index is 500. The molecular formula is C17H24BrNO. The van der Waals surface area contributed by atoms with Crippen LogP contribution in [0, 0.1) is 5.41 Å². The van der Waals surface area contributed by atoms with Crippen molar-refractivity contribution < 1.29 is 4.79 Å². The summed E-state index contributed by atoms with van der Waals surface area (Å²) in [5.41, 5.74) is 2.34. The fraction of sp³-hybridized carbons (Fsp3) is 0.588. The van der Waals surface area contributed by atoms with Crippen molar-refractivity contribution in [3.63, 3.8) is 0 Å². The number of anilines is 1. The summed E-state index contributed by atoms with van der Waals surface area (Å²) in [6.07, 6.45) is 4.91. The number of rotatable bonds is 3. The molecule has 1 fully saturated rings. The molecule has 0 unspecified atom stereocenters. The van der Waals surface area contributed by atoms with Crippen LogP contribution < -0.4 is 4.90 Å². The molecule has 110 valence electrons. The molecule has 0 aromatic heterocycles. The van der Waals surface area contributed by atoms with Gasteiger partial charge in [-0.3, -0.25) is 4.79 Å². The number of nitrogens with zero attached hydrogens (tertiary/aromatic N) is 1. The third kappa shape index (κ3) is 3.43. The predicted octanol–water partition coefficient (Wildman–Crippen LogP) is 5.06. The first-order chi connectivity index (χ1) is 9.30. The van der Waals surface area contributed by atoms with Gasteiger partial charge in [0, 0.05) is 28.8 Å². The highest BCUT2D eigenvalue weighted by Crippen LogP contribution is 2.38. The van der Waals surface area contributed by atoms with E-state index in [2.05, 4.69) is 47.8 Å². The van der Waals surface area contributed by atoms with Crippen molar-refractivity contribution in [3.05, 3.63) is 28.2 Å². The first kappa shape index (κ1) is 15.6. The first-order valence-electron chi connectivity index (χ1n) is 7.33. The zero-order valence-corrected chi connectivity index (χ0v) is 14.5. The van der Waals surface area contributed by atoms with Gasteiger partial charge in [-0.05, 0) is 56.2 Å². The van der Waals surface area contributed by atoms with Crippen molar-refractivity contribution in [1.29, 1.82) is 0 Å². The topological polar surface area (TPSA) is 20.3 Å². The van der Waals surface area contributed by atoms with Crippen molar-refractivity contribution in [2.24, 2.45) is 5.41 Å². The lowest BCUT2D eigenvalue weighted by atomic mass is 9.75. The predicted molar refractivity (Wildman–Crippen MR) is 88.6 cm³/mol. The largest absolute Gasteiger partial charge is 0.371 e. The first-order valence-corrected chi connectivity index (χ1v) is 8.13. The van der Waals surface area contributed by atoms with Gasteiger partial charge < -0.3 is 4.90 Å². The minimum absolute atomic E-state index is 0.135. The summed E-state index contributed by atoms with van der Waals surface area (Å²) in [4.78, 5) is 14.1. The van der Waals surface area contributed by atoms with Gasteiger partial charge in [0.1, 0.15) is 0 Å². The van der Waals surface area contributed by atoms with Crippen molar-refractivity contribution >= 4 is 27.4 Å². The Kier molecular flexibility index (Phi) is 4.58. The van der Waals surface area contributed by atoms with E-state index in [4.69, 9.17) is 0 Å². The van der Waals surface area contributed by atoms with Gasteiger partial charge >= 0.3 is 0 Å². The van der Waals surface area contributed by atoms with Crippen LogP contribution in [0.3, 0.4) is 0 Å². The van der Waals surface area contributed by atoms with E-state index in [0.29, 0.717) is 11.5 Å². The summed E-state index contributed by atoms with van der Waals surface area (Å²) in [5, 5.41) is 0. The maximum Gasteiger partial charge on any atom is 0.161 e. The van der Waals surface area contributed by atoms with Crippen molar-refractivity contribution in [1.82, 2.24) is 0 Å². The average Bonchev–Trinajstić information content (AvgIpc) is 2.37. The summed E-state index contributed by atoms with van der Waals surface area (Å²) in [7, 11) is 2.12. The zero-order chi connectivity index (χ0) is 14.9. The van der Waals surface area contributed by atoms with Gasteiger partial charge in [0.25, 0.3) is 0 Å². The Morgan fingerprint density at radius 1 is 1.30 bits per heavy atom. The molecule has 0 saturated heterocycles. The molecular weight excluding hydrogens is 314 g/mol. The van der Waals surface area contributed by atoms with Crippen LogP contribution in [-0.2, 0) is 0 Å². The highest BCUT2D eigenvalue weighted by atomic mass is 79.9. The molecule has 0 aliphatic heterocycles. The number of benzene rings is 1. The molecule has 0 spiro atoms. The molecule has 0 N–H and O–H groups in total. The zero-order valence-electron chi connectivity index (χ0n) is 12.9. The maximum absolute atomic E-state index is 11.8. The quantitative estimate of drug-likeness (QED) is 0.718. The Morgan fingerprint density at radius 2 is 1.90 bits per heavy atom. The standard InChI is InChI=1S/C17H24BrNO/c1-12(20)15-6-5-13(18)11-16(15)19(4)14-7-9-17(2,3)10-8-14/h5-6,11,14H,7-10H2,1-4H3. The van der Waals surface area contributed by atoms with E-state index in [0.717, 1.165) is 15.7 Å². The monoisotopic (exact) mass is 337 g/mol. The molecule has 1 aliphatic carbocycles. The van der Waals surface area contributed by atoms with Crippen LogP contribution in [0.4, 0.5) is 5.69 Å². The fourth-order valence-corrected chi connectivity index (χ4v) is 3.41. The molecule has 1 aromatic rings. The molecule has 0 bridgehead atoms. The van der Waals surface area contributed by atoms with Gasteiger partial charge in [-0.25, -0.2) is 0 Å². The van der Waals surface area contributed by atoms with E-state index in [1.54, 1.807) is 6.92 Å². The van der Waals surface area contributed by atoms with Crippen molar-refractivity contribution in [2.75, 3.05) is 11.9 Å². The van der Waals surface area contributed by atoms with Crippen LogP contribution in [0.5, 0.6) is 0 Å². The SMILES string of the molecule is CC(=O)c1ccc(Br)cc1N(C)C1CCC(C)(C)CC1. The molecule has 0 radical (unpaired) electrons. The van der Waals surface area contributed by atoms with E-state index < -0.39 is 0 Å². The summed E-state index contributed by atoms with van der Waals surface area (Å²) in [5.74, 6) is 0.135. The van der Waals surface area contributed by atoms with Crippen LogP contribution >= 0.6 is 15.9 Å². The summed E-state index contributed by atoms with van der Waals surface area (Å²) in [6.45, 7) is 6.34. The second-order valence-electron chi connectivity index (χ2n) is 6.72. The van der Waals surface area contributed by atoms with E-state index in [1.807, 2.05) is 12.1 Å². The van der Waals surface area contributed by atoms with Gasteiger partial charge in [0.05, 0.1) is 0 Å². The molecule has 1 aromatic carbocycles. The highest BCUT2D eigenvalue weighted by Gasteiger charge is 2.29. The van der Waals surface area contributed by atoms with E-state index in [9.17, 15) is 4.79 Å². The number of hydrogen-bond acceptors (Lipinski definition) is 2. The lowest BCUT2D eigenvalue weighted by molar-refractivity contribution is 0.101. The van der Waals surface area contributed by atoms with Gasteiger partial charge in [-0.15, -0.1) is 0 Å². The molecule has 2 nitrogen and oxygen atoms in total. The molecule has 0 heterocycles. The minimum atomic E-state index is 0.135. The number of ketones is 1. The number of hydrogen-bond donors (Lipinski definition) is 0. The molecule has 0 amide bonds. The Balaban J connectivity index is 2.23. The van der Waals surface area contributed by atoms with Crippen LogP contribution in [-0.4, -0.2) is 18.9 Å². The number of carbonyl (C=O) groups is 1. The third-order valence-electron chi connectivity index (χ3n) is 4.58. The Hall–Kier alpha value is -0.830. The average molecular weight is 338 g/mol. The van der Waals surface area contributed by atoms with Crippen LogP contribution in [0.15, 0.2) is 22.7 Å². The minimum Gasteiger partial charge on any atom is -0.371 e. The second kappa shape index (κ2) is 5.88. The highest BCUT2D eigenvalue weighted by molar-refractivity contribution is 9.10. The van der Waals surface area contributed by atoms with Gasteiger partial charge in [0.15, 0.2) is 5.78 Å². The van der Waals surface area contributed by atoms with Crippen LogP contribution in [0.1, 0.15) is 56.8 Å². The van der Waals surface area contributed by atoms with Crippen LogP contribution in [0.2, 0.25) is 0 Å². The van der Waals surface area contributed by atoms with Crippen LogP contribution in [0.25, 0.3) is 0 Å². The third-order valence-corrected chi connectivity index (χ3v) is 5.07. The van der Waals surface area contributed by atoms with Crippen molar-refractivity contribution in [3.8, 4) is 0 Å². The maximum atomic E-state index is 11.8. The summed E-state index contributed by atoms with van der Waals surface area (Å²) < 4.78 is 1.03. The van der Waals surface area contributed by atoms with E-state index in [-0.39, 0.29) is 5.78 Å². The number of halogens is 1. The molecule has 2 rings (SSSR count). The second-order valence-corrected chi connectivity index (χ2v) is 7.64. The fourth-order valence-electron chi connectivity index (χ4n) is 3.06. The molecule has 20 heavy (non-hydrogen) atoms. The van der Waals surface area contributed by atoms with Gasteiger partial charge in [-0.1, -0.05) is 29.8 Å². The smallest absolute Gasteiger partial charge is 0.161 e. The number of Topliss-reactive ketones (excluding diaryl/α,β-unsaturated/α-hetero) is 1. The van der Waals surface area contributed by atoms with E-state index >= 15 is 0 Å². The molecule has 0 atom stereocenters. The Morgan fingerprint density at radius 3 is 2.45 bits per heavy atom. The molecule has 3 heteroatoms. The van der Waals surface area contributed by atoms with Crippen molar-refractivity contribution in [2.45, 2.75) is 52.5 Å². The normalized spacial score (nSPS) is 18.9.